The minimum absolute atomic E-state index is 0.509. The summed E-state index contributed by atoms with van der Waals surface area (Å²) >= 11 is 0. The maximum absolute atomic E-state index is 5.83. The second-order valence-corrected chi connectivity index (χ2v) is 3.89. The van der Waals surface area contributed by atoms with E-state index in [1.807, 2.05) is 41.0 Å². The van der Waals surface area contributed by atoms with Crippen LogP contribution >= 0.6 is 0 Å². The monoisotopic (exact) mass is 211 g/mol. The molecule has 3 heteroatoms. The van der Waals surface area contributed by atoms with Gasteiger partial charge < -0.3 is 4.57 Å². The average molecular weight is 211 g/mol. The van der Waals surface area contributed by atoms with Crippen LogP contribution < -0.4 is 11.5 Å². The van der Waals surface area contributed by atoms with Gasteiger partial charge in [0.05, 0.1) is 11.0 Å². The molecule has 0 saturated carbocycles. The van der Waals surface area contributed by atoms with E-state index in [2.05, 4.69) is 12.1 Å². The Morgan fingerprint density at radius 2 is 1.19 bits per heavy atom. The number of nitrogens with two attached hydrogens (primary N) is 2. The van der Waals surface area contributed by atoms with Gasteiger partial charge in [0.25, 0.3) is 0 Å². The molecule has 0 aliphatic rings. The van der Waals surface area contributed by atoms with Crippen LogP contribution in [-0.2, 0) is 0 Å². The normalized spacial score (nSPS) is 11.7. The standard InChI is InChI=1S/C13H13N3/c14-13(15)16-11-7-3-1-5-9(11)10-6-2-4-8-12(10)16/h1-8,13H,14-15H2. The van der Waals surface area contributed by atoms with Crippen LogP contribution in [0, 0.1) is 0 Å². The second kappa shape index (κ2) is 3.33. The molecule has 3 aromatic rings. The van der Waals surface area contributed by atoms with Crippen LogP contribution in [0.1, 0.15) is 6.29 Å². The van der Waals surface area contributed by atoms with Gasteiger partial charge in [0, 0.05) is 10.8 Å². The summed E-state index contributed by atoms with van der Waals surface area (Å²) < 4.78 is 1.96. The zero-order valence-electron chi connectivity index (χ0n) is 8.80. The molecule has 0 unspecified atom stereocenters. The molecule has 3 nitrogen and oxygen atoms in total. The molecule has 0 aliphatic carbocycles. The number of benzene rings is 2. The van der Waals surface area contributed by atoms with Crippen molar-refractivity contribution in [2.24, 2.45) is 11.5 Å². The predicted octanol–water partition coefficient (Wildman–Crippen LogP) is 2.17. The van der Waals surface area contributed by atoms with Crippen LogP contribution in [0.5, 0.6) is 0 Å². The number of fused-ring (bicyclic) bond motifs is 3. The van der Waals surface area contributed by atoms with Crippen molar-refractivity contribution in [3.63, 3.8) is 0 Å². The zero-order valence-corrected chi connectivity index (χ0v) is 8.80. The molecule has 0 saturated heterocycles. The molecule has 16 heavy (non-hydrogen) atoms. The molecule has 1 aromatic heterocycles. The fraction of sp³-hybridized carbons (Fsp3) is 0.0769. The molecule has 4 N–H and O–H groups in total. The Balaban J connectivity index is 2.59. The van der Waals surface area contributed by atoms with E-state index in [9.17, 15) is 0 Å². The predicted molar refractivity (Wildman–Crippen MR) is 66.9 cm³/mol. The largest absolute Gasteiger partial charge is 0.312 e. The van der Waals surface area contributed by atoms with Gasteiger partial charge in [-0.15, -0.1) is 0 Å². The molecule has 0 atom stereocenters. The van der Waals surface area contributed by atoms with Crippen molar-refractivity contribution in [2.45, 2.75) is 6.29 Å². The number of hydrogen-bond donors (Lipinski definition) is 2. The van der Waals surface area contributed by atoms with E-state index in [1.54, 1.807) is 0 Å². The highest BCUT2D eigenvalue weighted by Crippen LogP contribution is 2.29. The van der Waals surface area contributed by atoms with Gasteiger partial charge in [-0.3, -0.25) is 11.5 Å². The first-order valence-corrected chi connectivity index (χ1v) is 5.28. The summed E-state index contributed by atoms with van der Waals surface area (Å²) in [5.41, 5.74) is 13.8. The van der Waals surface area contributed by atoms with Crippen LogP contribution in [0.15, 0.2) is 48.5 Å². The highest BCUT2D eigenvalue weighted by atomic mass is 15.2. The van der Waals surface area contributed by atoms with Gasteiger partial charge in [0.15, 0.2) is 0 Å². The Morgan fingerprint density at radius 3 is 1.62 bits per heavy atom. The second-order valence-electron chi connectivity index (χ2n) is 3.89. The molecular weight excluding hydrogens is 198 g/mol. The zero-order chi connectivity index (χ0) is 11.1. The minimum atomic E-state index is -0.509. The first-order valence-electron chi connectivity index (χ1n) is 5.28. The highest BCUT2D eigenvalue weighted by Gasteiger charge is 2.11. The molecule has 0 spiro atoms. The molecule has 0 radical (unpaired) electrons. The van der Waals surface area contributed by atoms with Crippen molar-refractivity contribution in [1.29, 1.82) is 0 Å². The summed E-state index contributed by atoms with van der Waals surface area (Å²) in [7, 11) is 0. The Bertz CT molecular complexity index is 599. The lowest BCUT2D eigenvalue weighted by Crippen LogP contribution is -2.26. The third kappa shape index (κ3) is 1.16. The van der Waals surface area contributed by atoms with E-state index in [1.165, 1.54) is 10.8 Å². The highest BCUT2D eigenvalue weighted by molar-refractivity contribution is 6.08. The first-order chi connectivity index (χ1) is 7.79. The number of hydrogen-bond acceptors (Lipinski definition) is 2. The molecule has 1 heterocycles. The van der Waals surface area contributed by atoms with Crippen LogP contribution in [0.25, 0.3) is 21.8 Å². The third-order valence-electron chi connectivity index (χ3n) is 2.92. The summed E-state index contributed by atoms with van der Waals surface area (Å²) in [6.07, 6.45) is -0.509. The minimum Gasteiger partial charge on any atom is -0.312 e. The number of aromatic nitrogens is 1. The summed E-state index contributed by atoms with van der Waals surface area (Å²) in [6, 6.07) is 16.3. The van der Waals surface area contributed by atoms with Crippen molar-refractivity contribution in [2.75, 3.05) is 0 Å². The molecule has 80 valence electrons. The first kappa shape index (κ1) is 9.39. The van der Waals surface area contributed by atoms with E-state index < -0.39 is 6.29 Å². The van der Waals surface area contributed by atoms with Gasteiger partial charge in [-0.2, -0.15) is 0 Å². The fourth-order valence-electron chi connectivity index (χ4n) is 2.27. The van der Waals surface area contributed by atoms with Gasteiger partial charge in [-0.05, 0) is 12.1 Å². The van der Waals surface area contributed by atoms with E-state index in [0.29, 0.717) is 0 Å². The lowest BCUT2D eigenvalue weighted by atomic mass is 10.2. The number of nitrogens with zero attached hydrogens (tertiary/aromatic N) is 1. The molecule has 3 rings (SSSR count). The number of rotatable bonds is 1. The third-order valence-corrected chi connectivity index (χ3v) is 2.92. The lowest BCUT2D eigenvalue weighted by Gasteiger charge is -2.10. The maximum atomic E-state index is 5.83. The van der Waals surface area contributed by atoms with Gasteiger partial charge in [0.2, 0.25) is 0 Å². The summed E-state index contributed by atoms with van der Waals surface area (Å²) in [5.74, 6) is 0. The van der Waals surface area contributed by atoms with Crippen molar-refractivity contribution in [1.82, 2.24) is 4.57 Å². The van der Waals surface area contributed by atoms with Crippen LogP contribution in [0.2, 0.25) is 0 Å². The summed E-state index contributed by atoms with van der Waals surface area (Å²) in [6.45, 7) is 0. The van der Waals surface area contributed by atoms with Crippen LogP contribution in [0.4, 0.5) is 0 Å². The molecule has 2 aromatic carbocycles. The maximum Gasteiger partial charge on any atom is 0.134 e. The quantitative estimate of drug-likeness (QED) is 0.606. The Hall–Kier alpha value is -1.84. The van der Waals surface area contributed by atoms with E-state index in [4.69, 9.17) is 11.5 Å². The van der Waals surface area contributed by atoms with Gasteiger partial charge in [-0.1, -0.05) is 36.4 Å². The summed E-state index contributed by atoms with van der Waals surface area (Å²) in [5, 5.41) is 2.39. The fourth-order valence-corrected chi connectivity index (χ4v) is 2.27. The summed E-state index contributed by atoms with van der Waals surface area (Å²) in [4.78, 5) is 0. The van der Waals surface area contributed by atoms with E-state index in [0.717, 1.165) is 11.0 Å². The SMILES string of the molecule is NC(N)n1c2ccccc2c2ccccc21. The molecular formula is C13H13N3. The Kier molecular flexibility index (Phi) is 1.96. The van der Waals surface area contributed by atoms with Crippen molar-refractivity contribution < 1.29 is 0 Å². The molecule has 0 amide bonds. The van der Waals surface area contributed by atoms with Crippen molar-refractivity contribution in [3.8, 4) is 0 Å². The van der Waals surface area contributed by atoms with E-state index >= 15 is 0 Å². The smallest absolute Gasteiger partial charge is 0.134 e. The Morgan fingerprint density at radius 1 is 0.750 bits per heavy atom. The topological polar surface area (TPSA) is 57.0 Å². The van der Waals surface area contributed by atoms with Gasteiger partial charge in [-0.25, -0.2) is 0 Å². The van der Waals surface area contributed by atoms with Crippen LogP contribution in [0.3, 0.4) is 0 Å². The van der Waals surface area contributed by atoms with Gasteiger partial charge in [0.1, 0.15) is 6.29 Å². The van der Waals surface area contributed by atoms with E-state index in [-0.39, 0.29) is 0 Å². The van der Waals surface area contributed by atoms with Crippen LogP contribution in [-0.4, -0.2) is 4.57 Å². The van der Waals surface area contributed by atoms with Gasteiger partial charge >= 0.3 is 0 Å². The molecule has 0 fully saturated rings. The van der Waals surface area contributed by atoms with Crippen molar-refractivity contribution >= 4 is 21.8 Å². The molecule has 0 aliphatic heterocycles. The van der Waals surface area contributed by atoms with Crippen molar-refractivity contribution in [3.05, 3.63) is 48.5 Å². The number of para-hydroxylation sites is 2. The lowest BCUT2D eigenvalue weighted by molar-refractivity contribution is 0.579. The Labute approximate surface area is 93.3 Å². The molecule has 0 bridgehead atoms. The average Bonchev–Trinajstić information content (AvgIpc) is 2.63.